The molecule has 0 aromatic carbocycles. The molecule has 0 radical (unpaired) electrons. The summed E-state index contributed by atoms with van der Waals surface area (Å²) in [5.74, 6) is 0. The molecule has 0 spiro atoms. The van der Waals surface area contributed by atoms with E-state index in [0.29, 0.717) is 0 Å². The molecule has 64 valence electrons. The van der Waals surface area contributed by atoms with Crippen LogP contribution in [0.5, 0.6) is 0 Å². The normalized spacial score (nSPS) is 12.7. The Morgan fingerprint density at radius 2 is 2.36 bits per heavy atom. The summed E-state index contributed by atoms with van der Waals surface area (Å²) in [6.07, 6.45) is 4.24. The van der Waals surface area contributed by atoms with E-state index >= 15 is 0 Å². The monoisotopic (exact) mass is 156 g/mol. The van der Waals surface area contributed by atoms with Crippen LogP contribution in [0.15, 0.2) is 17.3 Å². The zero-order valence-corrected chi connectivity index (χ0v) is 7.21. The third-order valence-corrected chi connectivity index (χ3v) is 1.21. The van der Waals surface area contributed by atoms with Crippen molar-refractivity contribution >= 4 is 5.71 Å². The topological polar surface area (TPSA) is 47.6 Å². The van der Waals surface area contributed by atoms with Gasteiger partial charge in [-0.15, -0.1) is 0 Å². The number of aliphatic imine (C=N–C) groups is 1. The van der Waals surface area contributed by atoms with Crippen molar-refractivity contribution in [3.63, 3.8) is 0 Å². The van der Waals surface area contributed by atoms with Crippen LogP contribution in [-0.2, 0) is 4.74 Å². The SMILES string of the molecule is COCCCN=C(C)/C=C\N. The summed E-state index contributed by atoms with van der Waals surface area (Å²) in [5, 5.41) is 0. The molecule has 0 bridgehead atoms. The Morgan fingerprint density at radius 3 is 2.91 bits per heavy atom. The van der Waals surface area contributed by atoms with E-state index < -0.39 is 0 Å². The molecule has 0 aliphatic rings. The van der Waals surface area contributed by atoms with Gasteiger partial charge >= 0.3 is 0 Å². The maximum Gasteiger partial charge on any atom is 0.0479 e. The van der Waals surface area contributed by atoms with Crippen molar-refractivity contribution in [2.75, 3.05) is 20.3 Å². The highest BCUT2D eigenvalue weighted by Crippen LogP contribution is 1.85. The zero-order valence-electron chi connectivity index (χ0n) is 7.21. The lowest BCUT2D eigenvalue weighted by Gasteiger charge is -1.94. The molecule has 0 atom stereocenters. The number of rotatable bonds is 5. The fourth-order valence-electron chi connectivity index (χ4n) is 0.656. The van der Waals surface area contributed by atoms with E-state index in [2.05, 4.69) is 4.99 Å². The highest BCUT2D eigenvalue weighted by atomic mass is 16.5. The van der Waals surface area contributed by atoms with Gasteiger partial charge in [0, 0.05) is 26.0 Å². The van der Waals surface area contributed by atoms with Gasteiger partial charge in [0.1, 0.15) is 0 Å². The van der Waals surface area contributed by atoms with E-state index in [9.17, 15) is 0 Å². The van der Waals surface area contributed by atoms with Crippen LogP contribution in [0.1, 0.15) is 13.3 Å². The van der Waals surface area contributed by atoms with E-state index in [1.54, 1.807) is 13.2 Å². The minimum atomic E-state index is 0.767. The number of nitrogens with two attached hydrogens (primary N) is 1. The molecule has 0 amide bonds. The third-order valence-electron chi connectivity index (χ3n) is 1.21. The number of methoxy groups -OCH3 is 1. The van der Waals surface area contributed by atoms with E-state index in [4.69, 9.17) is 10.5 Å². The standard InChI is InChI=1S/C8H16N2O/c1-8(4-5-9)10-6-3-7-11-2/h4-5H,3,6-7,9H2,1-2H3/b5-4-,10-8?. The molecule has 3 nitrogen and oxygen atoms in total. The lowest BCUT2D eigenvalue weighted by Crippen LogP contribution is -1.94. The fraction of sp³-hybridized carbons (Fsp3) is 0.625. The third kappa shape index (κ3) is 7.06. The zero-order chi connectivity index (χ0) is 8.53. The van der Waals surface area contributed by atoms with Crippen molar-refractivity contribution < 1.29 is 4.74 Å². The molecule has 0 aliphatic heterocycles. The predicted molar refractivity (Wildman–Crippen MR) is 47.8 cm³/mol. The average molecular weight is 156 g/mol. The van der Waals surface area contributed by atoms with Crippen LogP contribution in [0.2, 0.25) is 0 Å². The highest BCUT2D eigenvalue weighted by molar-refractivity contribution is 5.92. The molecule has 3 heteroatoms. The molecule has 0 rings (SSSR count). The minimum Gasteiger partial charge on any atom is -0.405 e. The van der Waals surface area contributed by atoms with Gasteiger partial charge in [0.2, 0.25) is 0 Å². The van der Waals surface area contributed by atoms with E-state index in [0.717, 1.165) is 25.3 Å². The highest BCUT2D eigenvalue weighted by Gasteiger charge is 1.84. The number of ether oxygens (including phenoxy) is 1. The molecule has 0 aliphatic carbocycles. The first kappa shape index (κ1) is 10.2. The summed E-state index contributed by atoms with van der Waals surface area (Å²) in [4.78, 5) is 4.22. The Labute approximate surface area is 68.0 Å². The van der Waals surface area contributed by atoms with Gasteiger partial charge in [0.25, 0.3) is 0 Å². The predicted octanol–water partition coefficient (Wildman–Crippen LogP) is 0.956. The number of hydrogen-bond acceptors (Lipinski definition) is 3. The molecule has 0 fully saturated rings. The quantitative estimate of drug-likeness (QED) is 0.476. The van der Waals surface area contributed by atoms with Crippen LogP contribution in [0, 0.1) is 0 Å². The number of allylic oxidation sites excluding steroid dienone is 1. The van der Waals surface area contributed by atoms with Crippen molar-refractivity contribution in [3.05, 3.63) is 12.3 Å². The smallest absolute Gasteiger partial charge is 0.0479 e. The average Bonchev–Trinajstić information content (AvgIpc) is 1.99. The van der Waals surface area contributed by atoms with Crippen LogP contribution in [0.25, 0.3) is 0 Å². The molecular weight excluding hydrogens is 140 g/mol. The molecule has 0 saturated carbocycles. The summed E-state index contributed by atoms with van der Waals surface area (Å²) < 4.78 is 4.87. The Balaban J connectivity index is 3.40. The Morgan fingerprint density at radius 1 is 1.64 bits per heavy atom. The van der Waals surface area contributed by atoms with Gasteiger partial charge in [-0.2, -0.15) is 0 Å². The largest absolute Gasteiger partial charge is 0.405 e. The van der Waals surface area contributed by atoms with Crippen LogP contribution >= 0.6 is 0 Å². The van der Waals surface area contributed by atoms with Crippen molar-refractivity contribution in [3.8, 4) is 0 Å². The first-order valence-corrected chi connectivity index (χ1v) is 3.69. The molecule has 0 aromatic heterocycles. The first-order valence-electron chi connectivity index (χ1n) is 3.69. The van der Waals surface area contributed by atoms with Crippen molar-refractivity contribution in [2.45, 2.75) is 13.3 Å². The molecule has 2 N–H and O–H groups in total. The molecule has 0 saturated heterocycles. The van der Waals surface area contributed by atoms with Crippen LogP contribution in [-0.4, -0.2) is 26.0 Å². The summed E-state index contributed by atoms with van der Waals surface area (Å²) in [5.41, 5.74) is 6.14. The summed E-state index contributed by atoms with van der Waals surface area (Å²) in [6, 6.07) is 0. The van der Waals surface area contributed by atoms with Crippen molar-refractivity contribution in [1.82, 2.24) is 0 Å². The van der Waals surface area contributed by atoms with Crippen LogP contribution < -0.4 is 5.73 Å². The van der Waals surface area contributed by atoms with Crippen LogP contribution in [0.3, 0.4) is 0 Å². The summed E-state index contributed by atoms with van der Waals surface area (Å²) >= 11 is 0. The van der Waals surface area contributed by atoms with Crippen molar-refractivity contribution in [1.29, 1.82) is 0 Å². The second-order valence-corrected chi connectivity index (χ2v) is 2.23. The van der Waals surface area contributed by atoms with Gasteiger partial charge in [-0.1, -0.05) is 0 Å². The van der Waals surface area contributed by atoms with Gasteiger partial charge in [-0.25, -0.2) is 0 Å². The molecule has 0 unspecified atom stereocenters. The Kier molecular flexibility index (Phi) is 6.73. The molecule has 0 heterocycles. The fourth-order valence-corrected chi connectivity index (χ4v) is 0.656. The van der Waals surface area contributed by atoms with E-state index in [1.807, 2.05) is 6.92 Å². The van der Waals surface area contributed by atoms with Crippen LogP contribution in [0.4, 0.5) is 0 Å². The Bertz CT molecular complexity index is 141. The lowest BCUT2D eigenvalue weighted by atomic mass is 10.4. The van der Waals surface area contributed by atoms with E-state index in [1.165, 1.54) is 6.20 Å². The number of nitrogens with zero attached hydrogens (tertiary/aromatic N) is 1. The molecule has 0 aromatic rings. The second kappa shape index (κ2) is 7.28. The van der Waals surface area contributed by atoms with Gasteiger partial charge in [-0.3, -0.25) is 4.99 Å². The van der Waals surface area contributed by atoms with Gasteiger partial charge in [0.15, 0.2) is 0 Å². The number of hydrogen-bond donors (Lipinski definition) is 1. The lowest BCUT2D eigenvalue weighted by molar-refractivity contribution is 0.197. The molecular formula is C8H16N2O. The maximum atomic E-state index is 5.17. The van der Waals surface area contributed by atoms with Gasteiger partial charge in [0.05, 0.1) is 0 Å². The maximum absolute atomic E-state index is 5.17. The van der Waals surface area contributed by atoms with Gasteiger partial charge < -0.3 is 10.5 Å². The summed E-state index contributed by atoms with van der Waals surface area (Å²) in [6.45, 7) is 3.50. The van der Waals surface area contributed by atoms with Gasteiger partial charge in [-0.05, 0) is 25.6 Å². The second-order valence-electron chi connectivity index (χ2n) is 2.23. The van der Waals surface area contributed by atoms with Crippen molar-refractivity contribution in [2.24, 2.45) is 10.7 Å². The first-order chi connectivity index (χ1) is 5.31. The van der Waals surface area contributed by atoms with E-state index in [-0.39, 0.29) is 0 Å². The summed E-state index contributed by atoms with van der Waals surface area (Å²) in [7, 11) is 1.69. The Hall–Kier alpha value is -0.830. The molecule has 11 heavy (non-hydrogen) atoms. The minimum absolute atomic E-state index is 0.767.